The van der Waals surface area contributed by atoms with Crippen LogP contribution in [0.1, 0.15) is 11.7 Å². The Morgan fingerprint density at radius 2 is 2.20 bits per heavy atom. The average Bonchev–Trinajstić information content (AvgIpc) is 2.85. The molecular weight excluding hydrogens is 287 g/mol. The van der Waals surface area contributed by atoms with Crippen LogP contribution in [0.4, 0.5) is 4.39 Å². The number of rotatable bonds is 5. The van der Waals surface area contributed by atoms with Gasteiger partial charge in [0.1, 0.15) is 29.9 Å². The van der Waals surface area contributed by atoms with Crippen molar-refractivity contribution < 1.29 is 23.1 Å². The van der Waals surface area contributed by atoms with Gasteiger partial charge in [-0.2, -0.15) is 0 Å². The standard InChI is InChI=1S/C14H12ClFO4/c1-18-14(17)11(12-5-6-13(15)20-12)8-19-10-4-2-3-9(16)7-10/h2-7,11H,8H2,1H3. The molecule has 0 radical (unpaired) electrons. The summed E-state index contributed by atoms with van der Waals surface area (Å²) >= 11 is 5.68. The van der Waals surface area contributed by atoms with Crippen LogP contribution in [0.5, 0.6) is 5.75 Å². The van der Waals surface area contributed by atoms with Crippen molar-refractivity contribution in [2.24, 2.45) is 0 Å². The van der Waals surface area contributed by atoms with Gasteiger partial charge in [-0.05, 0) is 35.9 Å². The predicted octanol–water partition coefficient (Wildman–Crippen LogP) is 3.41. The predicted molar refractivity (Wildman–Crippen MR) is 70.4 cm³/mol. The number of carbonyl (C=O) groups excluding carboxylic acids is 1. The van der Waals surface area contributed by atoms with Crippen LogP contribution in [-0.4, -0.2) is 19.7 Å². The van der Waals surface area contributed by atoms with Gasteiger partial charge in [0.05, 0.1) is 7.11 Å². The van der Waals surface area contributed by atoms with E-state index in [2.05, 4.69) is 0 Å². The van der Waals surface area contributed by atoms with Gasteiger partial charge in [0, 0.05) is 6.07 Å². The molecule has 0 saturated heterocycles. The Balaban J connectivity index is 2.11. The minimum absolute atomic E-state index is 0.0417. The molecule has 0 aliphatic carbocycles. The van der Waals surface area contributed by atoms with Crippen LogP contribution in [0.3, 0.4) is 0 Å². The SMILES string of the molecule is COC(=O)C(COc1cccc(F)c1)c1ccc(Cl)o1. The van der Waals surface area contributed by atoms with Crippen molar-refractivity contribution in [3.63, 3.8) is 0 Å². The third-order valence-electron chi connectivity index (χ3n) is 2.64. The summed E-state index contributed by atoms with van der Waals surface area (Å²) < 4.78 is 28.3. The fourth-order valence-electron chi connectivity index (χ4n) is 1.66. The first kappa shape index (κ1) is 14.4. The van der Waals surface area contributed by atoms with Gasteiger partial charge in [0.25, 0.3) is 0 Å². The van der Waals surface area contributed by atoms with E-state index in [4.69, 9.17) is 25.5 Å². The van der Waals surface area contributed by atoms with Crippen molar-refractivity contribution in [1.29, 1.82) is 0 Å². The zero-order valence-corrected chi connectivity index (χ0v) is 11.4. The van der Waals surface area contributed by atoms with E-state index < -0.39 is 17.7 Å². The molecule has 0 bridgehead atoms. The van der Waals surface area contributed by atoms with E-state index in [-0.39, 0.29) is 11.8 Å². The number of benzene rings is 1. The second-order valence-corrected chi connectivity index (χ2v) is 4.36. The largest absolute Gasteiger partial charge is 0.492 e. The molecule has 1 aromatic carbocycles. The highest BCUT2D eigenvalue weighted by atomic mass is 35.5. The van der Waals surface area contributed by atoms with Gasteiger partial charge in [-0.3, -0.25) is 4.79 Å². The van der Waals surface area contributed by atoms with Crippen LogP contribution in [-0.2, 0) is 9.53 Å². The van der Waals surface area contributed by atoms with Crippen LogP contribution < -0.4 is 4.74 Å². The minimum Gasteiger partial charge on any atom is -0.492 e. The third-order valence-corrected chi connectivity index (χ3v) is 2.84. The number of ether oxygens (including phenoxy) is 2. The molecule has 1 unspecified atom stereocenters. The zero-order chi connectivity index (χ0) is 14.5. The first-order chi connectivity index (χ1) is 9.60. The van der Waals surface area contributed by atoms with Gasteiger partial charge in [-0.25, -0.2) is 4.39 Å². The second kappa shape index (κ2) is 6.43. The summed E-state index contributed by atoms with van der Waals surface area (Å²) in [6.07, 6.45) is 0. The van der Waals surface area contributed by atoms with Crippen LogP contribution in [0, 0.1) is 5.82 Å². The van der Waals surface area contributed by atoms with Crippen molar-refractivity contribution >= 4 is 17.6 Å². The van der Waals surface area contributed by atoms with E-state index in [1.54, 1.807) is 12.1 Å². The molecule has 1 heterocycles. The lowest BCUT2D eigenvalue weighted by Gasteiger charge is -2.13. The molecule has 106 valence electrons. The Kier molecular flexibility index (Phi) is 4.63. The fourth-order valence-corrected chi connectivity index (χ4v) is 1.81. The topological polar surface area (TPSA) is 48.7 Å². The van der Waals surface area contributed by atoms with Gasteiger partial charge in [0.2, 0.25) is 0 Å². The van der Waals surface area contributed by atoms with Gasteiger partial charge in [0.15, 0.2) is 5.22 Å². The number of carbonyl (C=O) groups is 1. The van der Waals surface area contributed by atoms with E-state index >= 15 is 0 Å². The maximum Gasteiger partial charge on any atom is 0.319 e. The lowest BCUT2D eigenvalue weighted by Crippen LogP contribution is -2.20. The molecule has 0 amide bonds. The van der Waals surface area contributed by atoms with E-state index in [0.717, 1.165) is 0 Å². The van der Waals surface area contributed by atoms with Crippen LogP contribution in [0.2, 0.25) is 5.22 Å². The smallest absolute Gasteiger partial charge is 0.319 e. The van der Waals surface area contributed by atoms with Crippen molar-refractivity contribution in [2.45, 2.75) is 5.92 Å². The van der Waals surface area contributed by atoms with E-state index in [1.165, 1.54) is 31.4 Å². The summed E-state index contributed by atoms with van der Waals surface area (Å²) in [5.41, 5.74) is 0. The summed E-state index contributed by atoms with van der Waals surface area (Å²) in [4.78, 5) is 11.7. The Labute approximate surface area is 120 Å². The molecule has 0 aliphatic heterocycles. The summed E-state index contributed by atoms with van der Waals surface area (Å²) in [5, 5.41) is 0.166. The molecule has 1 atom stereocenters. The minimum atomic E-state index is -0.768. The molecule has 1 aromatic heterocycles. The molecule has 0 spiro atoms. The highest BCUT2D eigenvalue weighted by Crippen LogP contribution is 2.24. The van der Waals surface area contributed by atoms with Crippen LogP contribution in [0.15, 0.2) is 40.8 Å². The number of furan rings is 1. The van der Waals surface area contributed by atoms with Crippen molar-refractivity contribution in [2.75, 3.05) is 13.7 Å². The molecule has 0 aliphatic rings. The number of halogens is 2. The lowest BCUT2D eigenvalue weighted by molar-refractivity contribution is -0.143. The monoisotopic (exact) mass is 298 g/mol. The fraction of sp³-hybridized carbons (Fsp3) is 0.214. The van der Waals surface area contributed by atoms with Gasteiger partial charge < -0.3 is 13.9 Å². The first-order valence-corrected chi connectivity index (χ1v) is 6.19. The highest BCUT2D eigenvalue weighted by molar-refractivity contribution is 6.28. The molecule has 2 aromatic rings. The highest BCUT2D eigenvalue weighted by Gasteiger charge is 2.26. The average molecular weight is 299 g/mol. The second-order valence-electron chi connectivity index (χ2n) is 3.99. The Bertz CT molecular complexity index is 596. The summed E-state index contributed by atoms with van der Waals surface area (Å²) in [7, 11) is 1.27. The Hall–Kier alpha value is -2.01. The van der Waals surface area contributed by atoms with E-state index in [0.29, 0.717) is 11.5 Å². The van der Waals surface area contributed by atoms with Gasteiger partial charge in [-0.15, -0.1) is 0 Å². The van der Waals surface area contributed by atoms with Crippen LogP contribution >= 0.6 is 11.6 Å². The quantitative estimate of drug-likeness (QED) is 0.794. The number of methoxy groups -OCH3 is 1. The van der Waals surface area contributed by atoms with Crippen molar-refractivity contribution in [1.82, 2.24) is 0 Å². The van der Waals surface area contributed by atoms with E-state index in [9.17, 15) is 9.18 Å². The Morgan fingerprint density at radius 3 is 2.80 bits per heavy atom. The number of esters is 1. The molecule has 6 heteroatoms. The number of hydrogen-bond acceptors (Lipinski definition) is 4. The molecule has 0 N–H and O–H groups in total. The third kappa shape index (κ3) is 3.51. The maximum atomic E-state index is 13.0. The normalized spacial score (nSPS) is 11.9. The molecule has 2 rings (SSSR count). The molecular formula is C14H12ClFO4. The van der Waals surface area contributed by atoms with E-state index in [1.807, 2.05) is 0 Å². The van der Waals surface area contributed by atoms with Crippen molar-refractivity contribution in [3.8, 4) is 5.75 Å². The molecule has 0 saturated carbocycles. The summed E-state index contributed by atoms with van der Waals surface area (Å²) in [6.45, 7) is -0.0417. The van der Waals surface area contributed by atoms with Crippen LogP contribution in [0.25, 0.3) is 0 Å². The lowest BCUT2D eigenvalue weighted by atomic mass is 10.1. The molecule has 0 fully saturated rings. The molecule has 4 nitrogen and oxygen atoms in total. The Morgan fingerprint density at radius 1 is 1.40 bits per heavy atom. The zero-order valence-electron chi connectivity index (χ0n) is 10.6. The molecule has 20 heavy (non-hydrogen) atoms. The van der Waals surface area contributed by atoms with Crippen molar-refractivity contribution in [3.05, 3.63) is 53.2 Å². The summed E-state index contributed by atoms with van der Waals surface area (Å²) in [6, 6.07) is 8.72. The van der Waals surface area contributed by atoms with Gasteiger partial charge in [-0.1, -0.05) is 6.07 Å². The number of hydrogen-bond donors (Lipinski definition) is 0. The summed E-state index contributed by atoms with van der Waals surface area (Å²) in [5.74, 6) is -1.06. The first-order valence-electron chi connectivity index (χ1n) is 5.81. The van der Waals surface area contributed by atoms with Gasteiger partial charge >= 0.3 is 5.97 Å². The maximum absolute atomic E-state index is 13.0.